The molecule has 2 saturated carbocycles. The Kier molecular flexibility index (Phi) is 9.19. The molecule has 0 radical (unpaired) electrons. The first-order valence-electron chi connectivity index (χ1n) is 18.6. The van der Waals surface area contributed by atoms with Gasteiger partial charge in [-0.25, -0.2) is 0 Å². The zero-order valence-electron chi connectivity index (χ0n) is 32.2. The molecular weight excluding hydrogens is 588 g/mol. The lowest BCUT2D eigenvalue weighted by Gasteiger charge is -2.48. The van der Waals surface area contributed by atoms with Crippen molar-refractivity contribution in [3.63, 3.8) is 0 Å². The van der Waals surface area contributed by atoms with Crippen LogP contribution < -0.4 is 0 Å². The van der Waals surface area contributed by atoms with Crippen molar-refractivity contribution in [3.05, 3.63) is 87.5 Å². The van der Waals surface area contributed by atoms with Crippen LogP contribution in [-0.2, 0) is 32.5 Å². The van der Waals surface area contributed by atoms with E-state index in [0.29, 0.717) is 23.2 Å². The normalized spacial score (nSPS) is 19.1. The summed E-state index contributed by atoms with van der Waals surface area (Å²) in [6.45, 7) is 26.5. The molecule has 0 aliphatic heterocycles. The predicted octanol–water partition coefficient (Wildman–Crippen LogP) is 12.0. The Bertz CT molecular complexity index is 1460. The lowest BCUT2D eigenvalue weighted by molar-refractivity contribution is 0.166. The number of rotatable bonds is 4. The monoisotopic (exact) mass is 652 g/mol. The van der Waals surface area contributed by atoms with Crippen molar-refractivity contribution >= 4 is 0 Å². The van der Waals surface area contributed by atoms with Gasteiger partial charge in [-0.15, -0.1) is 0 Å². The van der Waals surface area contributed by atoms with Crippen LogP contribution in [0, 0.1) is 5.92 Å². The zero-order chi connectivity index (χ0) is 35.7. The molecule has 2 fully saturated rings. The van der Waals surface area contributed by atoms with Gasteiger partial charge in [-0.1, -0.05) is 132 Å². The fourth-order valence-corrected chi connectivity index (χ4v) is 9.25. The summed E-state index contributed by atoms with van der Waals surface area (Å²) in [6.07, 6.45) is 9.15. The molecule has 0 spiro atoms. The smallest absolute Gasteiger partial charge is 0.123 e. The lowest BCUT2D eigenvalue weighted by Crippen LogP contribution is -2.41. The van der Waals surface area contributed by atoms with E-state index < -0.39 is 0 Å². The topological polar surface area (TPSA) is 60.7 Å². The summed E-state index contributed by atoms with van der Waals surface area (Å²) in [5, 5.41) is 33.7. The highest BCUT2D eigenvalue weighted by molar-refractivity contribution is 5.58. The Morgan fingerprint density at radius 2 is 0.812 bits per heavy atom. The van der Waals surface area contributed by atoms with Gasteiger partial charge in [0.05, 0.1) is 0 Å². The molecule has 3 aromatic rings. The molecule has 5 rings (SSSR count). The number of phenols is 3. The molecule has 3 nitrogen and oxygen atoms in total. The lowest BCUT2D eigenvalue weighted by atomic mass is 9.55. The molecule has 262 valence electrons. The van der Waals surface area contributed by atoms with E-state index in [1.807, 2.05) is 12.1 Å². The highest BCUT2D eigenvalue weighted by Gasteiger charge is 2.49. The Morgan fingerprint density at radius 1 is 0.479 bits per heavy atom. The third-order valence-electron chi connectivity index (χ3n) is 12.1. The fourth-order valence-electron chi connectivity index (χ4n) is 9.25. The van der Waals surface area contributed by atoms with Crippen LogP contribution in [0.4, 0.5) is 0 Å². The standard InChI is InChI=1S/C45H64O3/c1-40(2,3)34-25-31(26-35(38(34)47)41(4,5)6)45(32-27-36(42(7,8)9)39(48)37(28-32)43(10,11)12)23-19-30(20-24-45)44(21-13-14-22-44)29-15-17-33(46)18-16-29/h15-18,25-28,30,46-48H,13-14,19-24H2,1-12H3. The largest absolute Gasteiger partial charge is 0.508 e. The molecule has 3 aromatic carbocycles. The summed E-state index contributed by atoms with van der Waals surface area (Å²) in [7, 11) is 0. The minimum atomic E-state index is -0.271. The second kappa shape index (κ2) is 12.1. The van der Waals surface area contributed by atoms with Gasteiger partial charge in [0.25, 0.3) is 0 Å². The summed E-state index contributed by atoms with van der Waals surface area (Å²) in [5.74, 6) is 1.75. The summed E-state index contributed by atoms with van der Waals surface area (Å²) < 4.78 is 0. The molecule has 3 heteroatoms. The quantitative estimate of drug-likeness (QED) is 0.263. The van der Waals surface area contributed by atoms with Crippen LogP contribution in [0.15, 0.2) is 48.5 Å². The van der Waals surface area contributed by atoms with Gasteiger partial charge in [0, 0.05) is 5.41 Å². The van der Waals surface area contributed by atoms with Gasteiger partial charge >= 0.3 is 0 Å². The first-order chi connectivity index (χ1) is 22.0. The summed E-state index contributed by atoms with van der Waals surface area (Å²) in [6, 6.07) is 17.4. The third-order valence-corrected chi connectivity index (χ3v) is 12.1. The maximum absolute atomic E-state index is 11.8. The molecule has 0 unspecified atom stereocenters. The predicted molar refractivity (Wildman–Crippen MR) is 202 cm³/mol. The van der Waals surface area contributed by atoms with E-state index in [9.17, 15) is 15.3 Å². The van der Waals surface area contributed by atoms with Crippen molar-refractivity contribution in [2.24, 2.45) is 5.92 Å². The van der Waals surface area contributed by atoms with Gasteiger partial charge < -0.3 is 15.3 Å². The first-order valence-corrected chi connectivity index (χ1v) is 18.6. The van der Waals surface area contributed by atoms with Crippen LogP contribution in [0.1, 0.15) is 173 Å². The third kappa shape index (κ3) is 6.52. The van der Waals surface area contributed by atoms with Crippen molar-refractivity contribution in [2.75, 3.05) is 0 Å². The molecule has 0 saturated heterocycles. The Balaban J connectivity index is 1.77. The highest BCUT2D eigenvalue weighted by Crippen LogP contribution is 2.58. The average molecular weight is 653 g/mol. The molecule has 3 N–H and O–H groups in total. The fraction of sp³-hybridized carbons (Fsp3) is 0.600. The molecule has 0 atom stereocenters. The van der Waals surface area contributed by atoms with E-state index in [1.54, 1.807) is 0 Å². The van der Waals surface area contributed by atoms with Gasteiger partial charge in [0.1, 0.15) is 17.2 Å². The van der Waals surface area contributed by atoms with Crippen LogP contribution in [0.5, 0.6) is 17.2 Å². The van der Waals surface area contributed by atoms with Crippen molar-refractivity contribution in [3.8, 4) is 17.2 Å². The number of phenolic OH excluding ortho intramolecular Hbond substituents is 3. The minimum absolute atomic E-state index is 0.143. The first kappa shape index (κ1) is 36.3. The second-order valence-electron chi connectivity index (χ2n) is 19.6. The van der Waals surface area contributed by atoms with Crippen molar-refractivity contribution in [1.29, 1.82) is 0 Å². The maximum atomic E-state index is 11.8. The molecule has 0 aromatic heterocycles. The SMILES string of the molecule is CC(C)(C)c1cc(C2(c3cc(C(C)(C)C)c(O)c(C(C)(C)C)c3)CCC(C3(c4ccc(O)cc4)CCCC3)CC2)cc(C(C)(C)C)c1O. The molecule has 0 heterocycles. The van der Waals surface area contributed by atoms with Gasteiger partial charge in [0.2, 0.25) is 0 Å². The maximum Gasteiger partial charge on any atom is 0.123 e. The molecular formula is C45H64O3. The molecule has 2 aliphatic carbocycles. The van der Waals surface area contributed by atoms with E-state index in [1.165, 1.54) is 42.4 Å². The minimum Gasteiger partial charge on any atom is -0.508 e. The van der Waals surface area contributed by atoms with Crippen LogP contribution in [0.25, 0.3) is 0 Å². The van der Waals surface area contributed by atoms with Crippen molar-refractivity contribution < 1.29 is 15.3 Å². The van der Waals surface area contributed by atoms with E-state index in [2.05, 4.69) is 119 Å². The van der Waals surface area contributed by atoms with Gasteiger partial charge in [0.15, 0.2) is 0 Å². The summed E-state index contributed by atoms with van der Waals surface area (Å²) >= 11 is 0. The molecule has 0 bridgehead atoms. The van der Waals surface area contributed by atoms with Crippen molar-refractivity contribution in [1.82, 2.24) is 0 Å². The summed E-state index contributed by atoms with van der Waals surface area (Å²) in [4.78, 5) is 0. The van der Waals surface area contributed by atoms with Crippen molar-refractivity contribution in [2.45, 2.75) is 167 Å². The average Bonchev–Trinajstić information content (AvgIpc) is 3.46. The van der Waals surface area contributed by atoms with Gasteiger partial charge in [-0.3, -0.25) is 0 Å². The van der Waals surface area contributed by atoms with Crippen LogP contribution >= 0.6 is 0 Å². The summed E-state index contributed by atoms with van der Waals surface area (Å²) in [5.41, 5.74) is 6.97. The molecule has 0 amide bonds. The molecule has 48 heavy (non-hydrogen) atoms. The van der Waals surface area contributed by atoms with E-state index in [-0.39, 0.29) is 32.5 Å². The number of benzene rings is 3. The van der Waals surface area contributed by atoms with E-state index in [4.69, 9.17) is 0 Å². The van der Waals surface area contributed by atoms with Crippen LogP contribution in [-0.4, -0.2) is 15.3 Å². The Morgan fingerprint density at radius 3 is 1.12 bits per heavy atom. The number of hydrogen-bond donors (Lipinski definition) is 3. The van der Waals surface area contributed by atoms with Crippen LogP contribution in [0.3, 0.4) is 0 Å². The highest BCUT2D eigenvalue weighted by atomic mass is 16.3. The number of aromatic hydroxyl groups is 3. The Hall–Kier alpha value is -2.94. The van der Waals surface area contributed by atoms with Crippen LogP contribution in [0.2, 0.25) is 0 Å². The van der Waals surface area contributed by atoms with E-state index >= 15 is 0 Å². The second-order valence-corrected chi connectivity index (χ2v) is 19.6. The molecule has 2 aliphatic rings. The Labute approximate surface area is 292 Å². The van der Waals surface area contributed by atoms with E-state index in [0.717, 1.165) is 47.9 Å². The van der Waals surface area contributed by atoms with Gasteiger partial charge in [-0.05, 0) is 123 Å². The van der Waals surface area contributed by atoms with Gasteiger partial charge in [-0.2, -0.15) is 0 Å². The number of hydrogen-bond acceptors (Lipinski definition) is 3. The zero-order valence-corrected chi connectivity index (χ0v) is 32.2.